The Kier molecular flexibility index (Phi) is 7.52. The second kappa shape index (κ2) is 8.63. The minimum absolute atomic E-state index is 0.230. The maximum atomic E-state index is 12.5. The maximum Gasteiger partial charge on any atom is 0.0802 e. The van der Waals surface area contributed by atoms with E-state index in [-0.39, 0.29) is 5.75 Å². The number of hydrogen-bond donors (Lipinski definition) is 3. The lowest BCUT2D eigenvalue weighted by Gasteiger charge is -2.25. The molecule has 21 heavy (non-hydrogen) atoms. The van der Waals surface area contributed by atoms with Gasteiger partial charge in [-0.15, -0.1) is 0 Å². The van der Waals surface area contributed by atoms with E-state index in [9.17, 15) is 14.4 Å². The summed E-state index contributed by atoms with van der Waals surface area (Å²) in [7, 11) is -1.28. The van der Waals surface area contributed by atoms with Crippen molar-refractivity contribution in [3.63, 3.8) is 0 Å². The molecule has 3 unspecified atom stereocenters. The third-order valence-electron chi connectivity index (χ3n) is 3.72. The zero-order valence-corrected chi connectivity index (χ0v) is 13.7. The zero-order chi connectivity index (χ0) is 15.9. The molecule has 4 N–H and O–H groups in total. The van der Waals surface area contributed by atoms with Crippen LogP contribution in [0.15, 0.2) is 29.2 Å². The van der Waals surface area contributed by atoms with Gasteiger partial charge < -0.3 is 15.9 Å². The van der Waals surface area contributed by atoms with Crippen molar-refractivity contribution in [2.45, 2.75) is 56.1 Å². The molecular weight excluding hydrogens is 286 g/mol. The Morgan fingerprint density at radius 1 is 1.38 bits per heavy atom. The smallest absolute Gasteiger partial charge is 0.0802 e. The quantitative estimate of drug-likeness (QED) is 0.652. The first-order valence-electron chi connectivity index (χ1n) is 7.54. The van der Waals surface area contributed by atoms with Crippen LogP contribution in [0.3, 0.4) is 0 Å². The molecule has 120 valence electrons. The van der Waals surface area contributed by atoms with E-state index in [2.05, 4.69) is 0 Å². The van der Waals surface area contributed by atoms with Gasteiger partial charge in [0.05, 0.1) is 28.3 Å². The summed E-state index contributed by atoms with van der Waals surface area (Å²) in [5.41, 5.74) is 5.29. The first-order valence-corrected chi connectivity index (χ1v) is 8.86. The molecule has 0 spiro atoms. The predicted molar refractivity (Wildman–Crippen MR) is 86.5 cm³/mol. The molecule has 0 aromatic heterocycles. The second-order valence-electron chi connectivity index (χ2n) is 5.48. The van der Waals surface area contributed by atoms with Gasteiger partial charge in [0.1, 0.15) is 0 Å². The third kappa shape index (κ3) is 5.51. The van der Waals surface area contributed by atoms with E-state index in [0.29, 0.717) is 30.7 Å². The Hall–Kier alpha value is -0.750. The molecule has 0 heterocycles. The summed E-state index contributed by atoms with van der Waals surface area (Å²) in [5.74, 6) is 0.230. The fourth-order valence-corrected chi connectivity index (χ4v) is 3.83. The lowest BCUT2D eigenvalue weighted by Crippen LogP contribution is -2.34. The van der Waals surface area contributed by atoms with E-state index >= 15 is 0 Å². The van der Waals surface area contributed by atoms with Crippen LogP contribution in [-0.4, -0.2) is 32.3 Å². The van der Waals surface area contributed by atoms with Crippen molar-refractivity contribution in [3.05, 3.63) is 29.8 Å². The fourth-order valence-electron chi connectivity index (χ4n) is 2.33. The molecule has 0 saturated heterocycles. The molecule has 4 nitrogen and oxygen atoms in total. The van der Waals surface area contributed by atoms with Crippen LogP contribution in [0.4, 0.5) is 0 Å². The lowest BCUT2D eigenvalue weighted by molar-refractivity contribution is 0.0504. The van der Waals surface area contributed by atoms with Gasteiger partial charge in [0, 0.05) is 4.90 Å². The molecular formula is C16H27NO3S. The van der Waals surface area contributed by atoms with Crippen LogP contribution in [0.25, 0.3) is 0 Å². The lowest BCUT2D eigenvalue weighted by atomic mass is 9.98. The Morgan fingerprint density at radius 3 is 2.67 bits per heavy atom. The van der Waals surface area contributed by atoms with E-state index in [1.54, 1.807) is 24.3 Å². The van der Waals surface area contributed by atoms with E-state index in [0.717, 1.165) is 12.0 Å². The molecule has 0 fully saturated rings. The van der Waals surface area contributed by atoms with Crippen molar-refractivity contribution < 1.29 is 14.4 Å². The number of aliphatic hydroxyl groups is 2. The topological polar surface area (TPSA) is 83.5 Å². The highest BCUT2D eigenvalue weighted by Crippen LogP contribution is 2.23. The van der Waals surface area contributed by atoms with Crippen LogP contribution in [0.5, 0.6) is 0 Å². The summed E-state index contributed by atoms with van der Waals surface area (Å²) in [6.45, 7) is 4.32. The number of aliphatic hydroxyl groups excluding tert-OH is 1. The van der Waals surface area contributed by atoms with Gasteiger partial charge in [-0.2, -0.15) is 0 Å². The highest BCUT2D eigenvalue weighted by Gasteiger charge is 2.27. The van der Waals surface area contributed by atoms with Gasteiger partial charge in [0.2, 0.25) is 0 Å². The Bertz CT molecular complexity index is 467. The summed E-state index contributed by atoms with van der Waals surface area (Å²) < 4.78 is 12.5. The van der Waals surface area contributed by atoms with Crippen LogP contribution in [0.2, 0.25) is 0 Å². The predicted octanol–water partition coefficient (Wildman–Crippen LogP) is 2.12. The van der Waals surface area contributed by atoms with Crippen molar-refractivity contribution in [2.75, 3.05) is 12.3 Å². The monoisotopic (exact) mass is 313 g/mol. The van der Waals surface area contributed by atoms with Crippen LogP contribution in [0.1, 0.15) is 51.2 Å². The third-order valence-corrected chi connectivity index (χ3v) is 5.30. The molecule has 5 heteroatoms. The van der Waals surface area contributed by atoms with Gasteiger partial charge in [0.15, 0.2) is 0 Å². The van der Waals surface area contributed by atoms with E-state index in [1.807, 2.05) is 13.8 Å². The summed E-state index contributed by atoms with van der Waals surface area (Å²) in [5, 5.41) is 20.4. The van der Waals surface area contributed by atoms with Crippen LogP contribution in [0, 0.1) is 0 Å². The Morgan fingerprint density at radius 2 is 2.10 bits per heavy atom. The van der Waals surface area contributed by atoms with Crippen molar-refractivity contribution in [3.8, 4) is 0 Å². The SMILES string of the molecule is CCCC(O)(CC)CS(=O)c1cccc(C(O)CCN)c1. The minimum Gasteiger partial charge on any atom is -0.389 e. The first kappa shape index (κ1) is 18.3. The summed E-state index contributed by atoms with van der Waals surface area (Å²) in [6.07, 6.45) is 1.93. The highest BCUT2D eigenvalue weighted by molar-refractivity contribution is 7.85. The number of hydrogen-bond acceptors (Lipinski definition) is 4. The van der Waals surface area contributed by atoms with Crippen molar-refractivity contribution in [1.82, 2.24) is 0 Å². The van der Waals surface area contributed by atoms with Crippen molar-refractivity contribution in [1.29, 1.82) is 0 Å². The molecule has 0 aliphatic rings. The van der Waals surface area contributed by atoms with Gasteiger partial charge in [-0.1, -0.05) is 32.4 Å². The molecule has 1 aromatic rings. The molecule has 0 aliphatic carbocycles. The average Bonchev–Trinajstić information content (AvgIpc) is 2.48. The first-order chi connectivity index (χ1) is 9.95. The number of benzene rings is 1. The normalized spacial score (nSPS) is 17.2. The maximum absolute atomic E-state index is 12.5. The summed E-state index contributed by atoms with van der Waals surface area (Å²) >= 11 is 0. The molecule has 1 rings (SSSR count). The van der Waals surface area contributed by atoms with Crippen molar-refractivity contribution in [2.24, 2.45) is 5.73 Å². The van der Waals surface area contributed by atoms with Gasteiger partial charge in [-0.25, -0.2) is 0 Å². The van der Waals surface area contributed by atoms with Gasteiger partial charge in [-0.3, -0.25) is 4.21 Å². The van der Waals surface area contributed by atoms with Crippen LogP contribution < -0.4 is 5.73 Å². The van der Waals surface area contributed by atoms with Crippen molar-refractivity contribution >= 4 is 10.8 Å². The Labute approximate surface area is 129 Å². The van der Waals surface area contributed by atoms with Crippen LogP contribution in [-0.2, 0) is 10.8 Å². The zero-order valence-electron chi connectivity index (χ0n) is 12.9. The minimum atomic E-state index is -1.28. The fraction of sp³-hybridized carbons (Fsp3) is 0.625. The second-order valence-corrected chi connectivity index (χ2v) is 6.93. The van der Waals surface area contributed by atoms with Crippen LogP contribution >= 0.6 is 0 Å². The standard InChI is InChI=1S/C16H27NO3S/c1-3-9-16(19,4-2)12-21(20)14-7-5-6-13(11-14)15(18)8-10-17/h5-7,11,15,18-19H,3-4,8-10,12,17H2,1-2H3. The van der Waals surface area contributed by atoms with Gasteiger partial charge in [0.25, 0.3) is 0 Å². The van der Waals surface area contributed by atoms with Gasteiger partial charge in [-0.05, 0) is 43.5 Å². The van der Waals surface area contributed by atoms with E-state index in [4.69, 9.17) is 5.73 Å². The molecule has 0 amide bonds. The molecule has 0 aliphatic heterocycles. The molecule has 0 saturated carbocycles. The van der Waals surface area contributed by atoms with E-state index in [1.165, 1.54) is 0 Å². The number of nitrogens with two attached hydrogens (primary N) is 1. The Balaban J connectivity index is 2.85. The highest BCUT2D eigenvalue weighted by atomic mass is 32.2. The number of rotatable bonds is 9. The summed E-state index contributed by atoms with van der Waals surface area (Å²) in [4.78, 5) is 0.645. The molecule has 1 aromatic carbocycles. The molecule has 3 atom stereocenters. The molecule has 0 bridgehead atoms. The largest absolute Gasteiger partial charge is 0.389 e. The van der Waals surface area contributed by atoms with Gasteiger partial charge >= 0.3 is 0 Å². The molecule has 0 radical (unpaired) electrons. The summed E-state index contributed by atoms with van der Waals surface area (Å²) in [6, 6.07) is 7.11. The van der Waals surface area contributed by atoms with E-state index < -0.39 is 22.5 Å². The average molecular weight is 313 g/mol.